The fourth-order valence-electron chi connectivity index (χ4n) is 3.62. The van der Waals surface area contributed by atoms with Crippen LogP contribution in [0, 0.1) is 0 Å². The number of rotatable bonds is 5. The maximum Gasteiger partial charge on any atom is 0.319 e. The third-order valence-corrected chi connectivity index (χ3v) is 5.21. The highest BCUT2D eigenvalue weighted by Gasteiger charge is 2.31. The predicted molar refractivity (Wildman–Crippen MR) is 121 cm³/mol. The van der Waals surface area contributed by atoms with Crippen molar-refractivity contribution in [3.05, 3.63) is 95.7 Å². The fraction of sp³-hybridized carbons (Fsp3) is 0.120. The highest BCUT2D eigenvalue weighted by molar-refractivity contribution is 6.06. The first kappa shape index (κ1) is 20.2. The van der Waals surface area contributed by atoms with Gasteiger partial charge in [0.15, 0.2) is 0 Å². The largest absolute Gasteiger partial charge is 0.497 e. The number of hydrogen-bond donors (Lipinski definition) is 3. The van der Waals surface area contributed by atoms with Gasteiger partial charge in [0.2, 0.25) is 0 Å². The Bertz CT molecular complexity index is 1120. The summed E-state index contributed by atoms with van der Waals surface area (Å²) in [7, 11) is 1.59. The van der Waals surface area contributed by atoms with Gasteiger partial charge in [0.1, 0.15) is 5.75 Å². The number of allylic oxidation sites excluding steroid dienone is 1. The normalized spacial score (nSPS) is 15.7. The Kier molecular flexibility index (Phi) is 5.71. The van der Waals surface area contributed by atoms with E-state index in [1.54, 1.807) is 38.3 Å². The van der Waals surface area contributed by atoms with Crippen LogP contribution in [-0.4, -0.2) is 19.0 Å². The summed E-state index contributed by atoms with van der Waals surface area (Å²) in [5, 5.41) is 8.47. The van der Waals surface area contributed by atoms with Crippen LogP contribution in [0.4, 0.5) is 10.5 Å². The topological polar surface area (TPSA) is 79.5 Å². The molecule has 1 heterocycles. The van der Waals surface area contributed by atoms with Gasteiger partial charge in [-0.15, -0.1) is 0 Å². The molecule has 1 aliphatic heterocycles. The number of benzene rings is 3. The Labute approximate surface area is 180 Å². The molecule has 6 heteroatoms. The minimum absolute atomic E-state index is 0.285. The first-order valence-corrected chi connectivity index (χ1v) is 9.94. The van der Waals surface area contributed by atoms with Crippen LogP contribution in [0.5, 0.6) is 5.75 Å². The average molecular weight is 413 g/mol. The van der Waals surface area contributed by atoms with Gasteiger partial charge in [0.05, 0.1) is 18.7 Å². The van der Waals surface area contributed by atoms with Gasteiger partial charge in [0.25, 0.3) is 5.91 Å². The number of hydrogen-bond acceptors (Lipinski definition) is 3. The number of carbonyl (C=O) groups is 2. The van der Waals surface area contributed by atoms with Gasteiger partial charge in [0, 0.05) is 11.4 Å². The van der Waals surface area contributed by atoms with Crippen molar-refractivity contribution < 1.29 is 14.3 Å². The highest BCUT2D eigenvalue weighted by Crippen LogP contribution is 2.30. The zero-order chi connectivity index (χ0) is 21.8. The molecule has 156 valence electrons. The molecule has 3 aromatic rings. The van der Waals surface area contributed by atoms with Gasteiger partial charge < -0.3 is 20.7 Å². The lowest BCUT2D eigenvalue weighted by Crippen LogP contribution is -2.45. The molecule has 3 amide bonds. The molecule has 4 rings (SSSR count). The van der Waals surface area contributed by atoms with E-state index < -0.39 is 6.04 Å². The lowest BCUT2D eigenvalue weighted by Gasteiger charge is -2.28. The minimum atomic E-state index is -0.558. The molecule has 0 saturated heterocycles. The molecule has 0 spiro atoms. The number of ether oxygens (including phenoxy) is 1. The molecular formula is C25H23N3O3. The van der Waals surface area contributed by atoms with Crippen LogP contribution in [0.1, 0.15) is 18.5 Å². The molecule has 3 aromatic carbocycles. The second kappa shape index (κ2) is 8.75. The van der Waals surface area contributed by atoms with Crippen LogP contribution in [0.2, 0.25) is 0 Å². The van der Waals surface area contributed by atoms with E-state index in [0.29, 0.717) is 22.7 Å². The fourth-order valence-corrected chi connectivity index (χ4v) is 3.62. The highest BCUT2D eigenvalue weighted by atomic mass is 16.5. The average Bonchev–Trinajstić information content (AvgIpc) is 2.79. The minimum Gasteiger partial charge on any atom is -0.497 e. The third kappa shape index (κ3) is 4.43. The van der Waals surface area contributed by atoms with Gasteiger partial charge in [-0.3, -0.25) is 4.79 Å². The van der Waals surface area contributed by atoms with Crippen molar-refractivity contribution in [2.45, 2.75) is 13.0 Å². The molecule has 31 heavy (non-hydrogen) atoms. The summed E-state index contributed by atoms with van der Waals surface area (Å²) in [6.07, 6.45) is 0. The van der Waals surface area contributed by atoms with Gasteiger partial charge in [-0.1, -0.05) is 54.6 Å². The zero-order valence-electron chi connectivity index (χ0n) is 17.3. The van der Waals surface area contributed by atoms with Crippen molar-refractivity contribution in [1.82, 2.24) is 10.6 Å². The first-order chi connectivity index (χ1) is 15.0. The zero-order valence-corrected chi connectivity index (χ0v) is 17.3. The molecule has 1 atom stereocenters. The van der Waals surface area contributed by atoms with E-state index >= 15 is 0 Å². The summed E-state index contributed by atoms with van der Waals surface area (Å²) in [6, 6.07) is 24.1. The van der Waals surface area contributed by atoms with Gasteiger partial charge >= 0.3 is 6.03 Å². The number of anilines is 1. The van der Waals surface area contributed by atoms with Crippen molar-refractivity contribution in [2.75, 3.05) is 12.4 Å². The lowest BCUT2D eigenvalue weighted by atomic mass is 9.93. The number of nitrogens with one attached hydrogen (secondary N) is 3. The smallest absolute Gasteiger partial charge is 0.319 e. The second-order valence-corrected chi connectivity index (χ2v) is 7.24. The van der Waals surface area contributed by atoms with Crippen molar-refractivity contribution >= 4 is 17.6 Å². The summed E-state index contributed by atoms with van der Waals surface area (Å²) >= 11 is 0. The van der Waals surface area contributed by atoms with E-state index in [9.17, 15) is 9.59 Å². The van der Waals surface area contributed by atoms with E-state index in [0.717, 1.165) is 16.7 Å². The van der Waals surface area contributed by atoms with E-state index in [1.165, 1.54) is 0 Å². The first-order valence-electron chi connectivity index (χ1n) is 9.94. The summed E-state index contributed by atoms with van der Waals surface area (Å²) in [6.45, 7) is 1.73. The van der Waals surface area contributed by atoms with Crippen LogP contribution in [0.25, 0.3) is 11.1 Å². The quantitative estimate of drug-likeness (QED) is 0.571. The molecule has 3 N–H and O–H groups in total. The van der Waals surface area contributed by atoms with Gasteiger partial charge in [-0.05, 0) is 47.9 Å². The monoisotopic (exact) mass is 413 g/mol. The molecular weight excluding hydrogens is 390 g/mol. The molecule has 0 radical (unpaired) electrons. The number of carbonyl (C=O) groups excluding carboxylic acids is 2. The maximum absolute atomic E-state index is 13.1. The van der Waals surface area contributed by atoms with Gasteiger partial charge in [-0.2, -0.15) is 0 Å². The van der Waals surface area contributed by atoms with Crippen molar-refractivity contribution in [3.8, 4) is 16.9 Å². The van der Waals surface area contributed by atoms with Crippen LogP contribution >= 0.6 is 0 Å². The number of urea groups is 1. The molecule has 0 saturated carbocycles. The Balaban J connectivity index is 1.61. The van der Waals surface area contributed by atoms with E-state index in [2.05, 4.69) is 16.0 Å². The molecule has 0 aliphatic carbocycles. The van der Waals surface area contributed by atoms with Crippen LogP contribution < -0.4 is 20.7 Å². The molecule has 1 unspecified atom stereocenters. The summed E-state index contributed by atoms with van der Waals surface area (Å²) in [4.78, 5) is 25.3. The molecule has 0 bridgehead atoms. The Morgan fingerprint density at radius 2 is 1.55 bits per heavy atom. The van der Waals surface area contributed by atoms with Gasteiger partial charge in [-0.25, -0.2) is 4.79 Å². The van der Waals surface area contributed by atoms with Crippen LogP contribution in [-0.2, 0) is 4.79 Å². The standard InChI is InChI=1S/C25H23N3O3/c1-16-22(24(29)27-20-12-14-21(31-2)15-13-20)23(28-25(30)26-16)19-10-8-18(9-11-19)17-6-4-3-5-7-17/h3-15,23H,1-2H3,(H,27,29)(H2,26,28,30). The predicted octanol–water partition coefficient (Wildman–Crippen LogP) is 4.63. The van der Waals surface area contributed by atoms with E-state index in [-0.39, 0.29) is 11.9 Å². The molecule has 1 aliphatic rings. The number of methoxy groups -OCH3 is 1. The SMILES string of the molecule is COc1ccc(NC(=O)C2=C(C)NC(=O)NC2c2ccc(-c3ccccc3)cc2)cc1. The Morgan fingerprint density at radius 1 is 0.903 bits per heavy atom. The Morgan fingerprint density at radius 3 is 2.19 bits per heavy atom. The molecule has 6 nitrogen and oxygen atoms in total. The summed E-state index contributed by atoms with van der Waals surface area (Å²) in [5.74, 6) is 0.420. The van der Waals surface area contributed by atoms with Crippen molar-refractivity contribution in [2.24, 2.45) is 0 Å². The van der Waals surface area contributed by atoms with Crippen molar-refractivity contribution in [3.63, 3.8) is 0 Å². The van der Waals surface area contributed by atoms with Crippen molar-refractivity contribution in [1.29, 1.82) is 0 Å². The van der Waals surface area contributed by atoms with E-state index in [1.807, 2.05) is 54.6 Å². The maximum atomic E-state index is 13.1. The molecule has 0 fully saturated rings. The molecule has 0 aromatic heterocycles. The summed E-state index contributed by atoms with van der Waals surface area (Å²) in [5.41, 5.74) is 4.62. The van der Waals surface area contributed by atoms with Crippen LogP contribution in [0.15, 0.2) is 90.1 Å². The van der Waals surface area contributed by atoms with E-state index in [4.69, 9.17) is 4.74 Å². The number of amides is 3. The summed E-state index contributed by atoms with van der Waals surface area (Å²) < 4.78 is 5.16. The third-order valence-electron chi connectivity index (χ3n) is 5.21. The van der Waals surface area contributed by atoms with Crippen LogP contribution in [0.3, 0.4) is 0 Å². The Hall–Kier alpha value is -4.06. The second-order valence-electron chi connectivity index (χ2n) is 7.24. The lowest BCUT2D eigenvalue weighted by molar-refractivity contribution is -0.113.